The predicted molar refractivity (Wildman–Crippen MR) is 119 cm³/mol. The van der Waals surface area contributed by atoms with Crippen LogP contribution in [0.15, 0.2) is 55.1 Å². The monoisotopic (exact) mass is 426 g/mol. The lowest BCUT2D eigenvalue weighted by molar-refractivity contribution is 0.363. The molecule has 0 aromatic heterocycles. The minimum Gasteiger partial charge on any atom is -0.489 e. The van der Waals surface area contributed by atoms with Crippen molar-refractivity contribution in [2.45, 2.75) is 5.75 Å². The van der Waals surface area contributed by atoms with Crippen LogP contribution in [0.4, 0.5) is 5.69 Å². The van der Waals surface area contributed by atoms with Gasteiger partial charge in [-0.1, -0.05) is 48.0 Å². The summed E-state index contributed by atoms with van der Waals surface area (Å²) >= 11 is 19.1. The van der Waals surface area contributed by atoms with Crippen LogP contribution in [0, 0.1) is 0 Å². The van der Waals surface area contributed by atoms with Crippen LogP contribution < -0.4 is 15.4 Å². The van der Waals surface area contributed by atoms with Gasteiger partial charge < -0.3 is 15.4 Å². The zero-order valence-corrected chi connectivity index (χ0v) is 17.3. The van der Waals surface area contributed by atoms with Gasteiger partial charge in [0.1, 0.15) is 12.4 Å². The van der Waals surface area contributed by atoms with Crippen molar-refractivity contribution in [3.63, 3.8) is 0 Å². The molecule has 3 nitrogen and oxygen atoms in total. The highest BCUT2D eigenvalue weighted by Crippen LogP contribution is 2.24. The molecule has 2 rings (SSSR count). The maximum absolute atomic E-state index is 6.02. The second-order valence-electron chi connectivity index (χ2n) is 5.31. The first kappa shape index (κ1) is 20.9. The predicted octanol–water partition coefficient (Wildman–Crippen LogP) is 5.78. The van der Waals surface area contributed by atoms with Gasteiger partial charge >= 0.3 is 0 Å². The van der Waals surface area contributed by atoms with Gasteiger partial charge in [-0.05, 0) is 42.0 Å². The van der Waals surface area contributed by atoms with Crippen LogP contribution in [0.2, 0.25) is 10.0 Å². The molecule has 0 saturated carbocycles. The van der Waals surface area contributed by atoms with Crippen LogP contribution in [-0.2, 0) is 5.75 Å². The highest BCUT2D eigenvalue weighted by molar-refractivity contribution is 7.98. The normalized spacial score (nSPS) is 10.2. The number of rotatable bonds is 9. The van der Waals surface area contributed by atoms with Gasteiger partial charge in [-0.2, -0.15) is 11.8 Å². The third-order valence-corrected chi connectivity index (χ3v) is 5.26. The zero-order valence-electron chi connectivity index (χ0n) is 14.1. The van der Waals surface area contributed by atoms with E-state index >= 15 is 0 Å². The van der Waals surface area contributed by atoms with Crippen molar-refractivity contribution in [1.82, 2.24) is 5.32 Å². The zero-order chi connectivity index (χ0) is 18.8. The molecule has 138 valence electrons. The molecule has 0 unspecified atom stereocenters. The lowest BCUT2D eigenvalue weighted by Gasteiger charge is -2.11. The van der Waals surface area contributed by atoms with Crippen molar-refractivity contribution in [1.29, 1.82) is 0 Å². The van der Waals surface area contributed by atoms with E-state index < -0.39 is 0 Å². The Morgan fingerprint density at radius 1 is 1.19 bits per heavy atom. The van der Waals surface area contributed by atoms with E-state index in [4.69, 9.17) is 40.2 Å². The average molecular weight is 427 g/mol. The molecule has 2 N–H and O–H groups in total. The average Bonchev–Trinajstić information content (AvgIpc) is 2.63. The van der Waals surface area contributed by atoms with Crippen molar-refractivity contribution >= 4 is 58.0 Å². The van der Waals surface area contributed by atoms with E-state index in [9.17, 15) is 0 Å². The number of nitrogens with one attached hydrogen (secondary N) is 2. The van der Waals surface area contributed by atoms with Gasteiger partial charge in [-0.3, -0.25) is 0 Å². The molecule has 0 spiro atoms. The Kier molecular flexibility index (Phi) is 9.12. The van der Waals surface area contributed by atoms with Crippen LogP contribution in [0.5, 0.6) is 5.75 Å². The van der Waals surface area contributed by atoms with Gasteiger partial charge in [0.25, 0.3) is 0 Å². The summed E-state index contributed by atoms with van der Waals surface area (Å²) in [6.07, 6.45) is 1.71. The highest BCUT2D eigenvalue weighted by Gasteiger charge is 2.02. The molecule has 0 atom stereocenters. The first-order valence-electron chi connectivity index (χ1n) is 7.99. The minimum absolute atomic E-state index is 0.474. The lowest BCUT2D eigenvalue weighted by atomic mass is 10.2. The fourth-order valence-corrected chi connectivity index (χ4v) is 3.40. The lowest BCUT2D eigenvalue weighted by Crippen LogP contribution is -2.30. The van der Waals surface area contributed by atoms with E-state index in [1.54, 1.807) is 17.8 Å². The van der Waals surface area contributed by atoms with Gasteiger partial charge in [0.05, 0.1) is 10.0 Å². The van der Waals surface area contributed by atoms with Crippen LogP contribution in [0.3, 0.4) is 0 Å². The second-order valence-corrected chi connectivity index (χ2v) is 7.64. The summed E-state index contributed by atoms with van der Waals surface area (Å²) < 4.78 is 5.51. The van der Waals surface area contributed by atoms with E-state index in [0.717, 1.165) is 35.1 Å². The van der Waals surface area contributed by atoms with E-state index in [1.807, 2.05) is 42.5 Å². The summed E-state index contributed by atoms with van der Waals surface area (Å²) in [5.41, 5.74) is 2.04. The van der Waals surface area contributed by atoms with Crippen molar-refractivity contribution < 1.29 is 4.74 Å². The number of thioether (sulfide) groups is 1. The number of anilines is 1. The van der Waals surface area contributed by atoms with Crippen molar-refractivity contribution in [2.75, 3.05) is 24.2 Å². The summed E-state index contributed by atoms with van der Waals surface area (Å²) in [6, 6.07) is 13.4. The molecule has 7 heteroatoms. The van der Waals surface area contributed by atoms with Crippen molar-refractivity contribution in [3.05, 3.63) is 70.7 Å². The molecule has 0 amide bonds. The maximum Gasteiger partial charge on any atom is 0.170 e. The Hall–Kier alpha value is -1.40. The molecule has 0 heterocycles. The summed E-state index contributed by atoms with van der Waals surface area (Å²) in [4.78, 5) is 0. The van der Waals surface area contributed by atoms with Crippen LogP contribution in [0.25, 0.3) is 0 Å². The number of ether oxygens (including phenoxy) is 1. The molecule has 0 aliphatic heterocycles. The number of halogens is 2. The fourth-order valence-electron chi connectivity index (χ4n) is 2.05. The molecule has 0 saturated heterocycles. The third kappa shape index (κ3) is 7.46. The van der Waals surface area contributed by atoms with Gasteiger partial charge in [-0.15, -0.1) is 0 Å². The van der Waals surface area contributed by atoms with Crippen LogP contribution >= 0.6 is 47.2 Å². The Bertz CT molecular complexity index is 756. The number of hydrogen-bond donors (Lipinski definition) is 2. The SMILES string of the molecule is C=CCOc1cccc(NC(=S)NCCSCc2ccc(Cl)c(Cl)c2)c1. The Morgan fingerprint density at radius 3 is 2.81 bits per heavy atom. The fraction of sp³-hybridized carbons (Fsp3) is 0.211. The van der Waals surface area contributed by atoms with Gasteiger partial charge in [0, 0.05) is 29.8 Å². The first-order chi connectivity index (χ1) is 12.6. The Morgan fingerprint density at radius 2 is 2.04 bits per heavy atom. The largest absolute Gasteiger partial charge is 0.489 e. The van der Waals surface area contributed by atoms with E-state index in [1.165, 1.54) is 0 Å². The van der Waals surface area contributed by atoms with Crippen LogP contribution in [-0.4, -0.2) is 24.0 Å². The molecule has 0 radical (unpaired) electrons. The summed E-state index contributed by atoms with van der Waals surface area (Å²) in [7, 11) is 0. The molecule has 0 bridgehead atoms. The number of thiocarbonyl (C=S) groups is 1. The quantitative estimate of drug-likeness (QED) is 0.301. The van der Waals surface area contributed by atoms with E-state index in [2.05, 4.69) is 17.2 Å². The summed E-state index contributed by atoms with van der Waals surface area (Å²) in [5.74, 6) is 2.57. The van der Waals surface area contributed by atoms with E-state index in [0.29, 0.717) is 21.8 Å². The third-order valence-electron chi connectivity index (χ3n) is 3.24. The summed E-state index contributed by atoms with van der Waals surface area (Å²) in [5, 5.41) is 8.11. The second kappa shape index (κ2) is 11.3. The summed E-state index contributed by atoms with van der Waals surface area (Å²) in [6.45, 7) is 4.88. The molecule has 2 aromatic rings. The van der Waals surface area contributed by atoms with Gasteiger partial charge in [-0.25, -0.2) is 0 Å². The number of hydrogen-bond acceptors (Lipinski definition) is 3. The Balaban J connectivity index is 1.67. The molecule has 2 aromatic carbocycles. The van der Waals surface area contributed by atoms with Crippen LogP contribution in [0.1, 0.15) is 5.56 Å². The van der Waals surface area contributed by atoms with E-state index in [-0.39, 0.29) is 0 Å². The Labute approximate surface area is 174 Å². The minimum atomic E-state index is 0.474. The first-order valence-corrected chi connectivity index (χ1v) is 10.3. The molecular formula is C19H20Cl2N2OS2. The molecule has 0 aliphatic rings. The number of benzene rings is 2. The van der Waals surface area contributed by atoms with Gasteiger partial charge in [0.15, 0.2) is 5.11 Å². The topological polar surface area (TPSA) is 33.3 Å². The van der Waals surface area contributed by atoms with Crippen molar-refractivity contribution in [2.24, 2.45) is 0 Å². The standard InChI is InChI=1S/C19H20Cl2N2OS2/c1-2-9-24-16-5-3-4-15(12-16)23-19(25)22-8-10-26-13-14-6-7-17(20)18(21)11-14/h2-7,11-12H,1,8-10,13H2,(H2,22,23,25). The highest BCUT2D eigenvalue weighted by atomic mass is 35.5. The molecule has 0 aliphatic carbocycles. The molecule has 26 heavy (non-hydrogen) atoms. The molecular weight excluding hydrogens is 407 g/mol. The smallest absolute Gasteiger partial charge is 0.170 e. The maximum atomic E-state index is 6.02. The van der Waals surface area contributed by atoms with Crippen molar-refractivity contribution in [3.8, 4) is 5.75 Å². The molecule has 0 fully saturated rings. The van der Waals surface area contributed by atoms with Gasteiger partial charge in [0.2, 0.25) is 0 Å².